The van der Waals surface area contributed by atoms with Crippen LogP contribution in [0.4, 0.5) is 13.2 Å². The number of hydrogen-bond acceptors (Lipinski definition) is 2. The monoisotopic (exact) mass is 224 g/mol. The maximum absolute atomic E-state index is 11.9. The molecule has 0 unspecified atom stereocenters. The molecule has 88 valence electrons. The van der Waals surface area contributed by atoms with E-state index < -0.39 is 18.6 Å². The number of carbonyl (C=O) groups excluding carboxylic acids is 1. The average molecular weight is 224 g/mol. The molecule has 1 amide bonds. The second kappa shape index (κ2) is 4.83. The van der Waals surface area contributed by atoms with Crippen molar-refractivity contribution in [1.82, 2.24) is 10.2 Å². The Bertz CT molecular complexity index is 226. The molecule has 1 aliphatic carbocycles. The molecule has 0 heterocycles. The number of carbonyl (C=O) groups is 1. The molecule has 0 aromatic rings. The number of rotatable bonds is 4. The Balaban J connectivity index is 2.20. The molecule has 15 heavy (non-hydrogen) atoms. The van der Waals surface area contributed by atoms with E-state index in [0.29, 0.717) is 10.9 Å². The molecule has 3 nitrogen and oxygen atoms in total. The molecule has 1 aliphatic rings. The Morgan fingerprint density at radius 2 is 2.07 bits per heavy atom. The third-order valence-electron chi connectivity index (χ3n) is 2.49. The Morgan fingerprint density at radius 1 is 1.47 bits per heavy atom. The van der Waals surface area contributed by atoms with Crippen LogP contribution in [0.25, 0.3) is 0 Å². The van der Waals surface area contributed by atoms with Crippen molar-refractivity contribution >= 4 is 5.91 Å². The van der Waals surface area contributed by atoms with Crippen LogP contribution in [0.2, 0.25) is 0 Å². The minimum atomic E-state index is -4.32. The maximum atomic E-state index is 11.9. The number of halogens is 3. The highest BCUT2D eigenvalue weighted by molar-refractivity contribution is 5.78. The fraction of sp³-hybridized carbons (Fsp3) is 0.889. The molecule has 0 aromatic carbocycles. The van der Waals surface area contributed by atoms with E-state index in [1.807, 2.05) is 0 Å². The van der Waals surface area contributed by atoms with Crippen molar-refractivity contribution in [2.24, 2.45) is 0 Å². The van der Waals surface area contributed by atoms with E-state index >= 15 is 0 Å². The van der Waals surface area contributed by atoms with Crippen LogP contribution >= 0.6 is 0 Å². The number of nitrogens with zero attached hydrogens (tertiary/aromatic N) is 1. The van der Waals surface area contributed by atoms with E-state index in [2.05, 4.69) is 5.32 Å². The molecule has 1 fully saturated rings. The summed E-state index contributed by atoms with van der Waals surface area (Å²) in [6, 6.07) is 0.313. The summed E-state index contributed by atoms with van der Waals surface area (Å²) in [4.78, 5) is 11.9. The van der Waals surface area contributed by atoms with Crippen molar-refractivity contribution in [2.45, 2.75) is 31.5 Å². The molecule has 1 N–H and O–H groups in total. The second-order valence-corrected chi connectivity index (χ2v) is 3.87. The summed E-state index contributed by atoms with van der Waals surface area (Å²) in [5.74, 6) is -0.515. The molecule has 0 aromatic heterocycles. The lowest BCUT2D eigenvalue weighted by Gasteiger charge is -2.27. The number of likely N-dealkylation sites (N-methyl/N-ethyl adjacent to an activating group) is 1. The molecular formula is C9H15F3N2O. The van der Waals surface area contributed by atoms with Gasteiger partial charge in [0, 0.05) is 13.1 Å². The number of amides is 1. The van der Waals surface area contributed by atoms with Crippen LogP contribution in [-0.2, 0) is 4.79 Å². The molecule has 0 aliphatic heterocycles. The molecular weight excluding hydrogens is 209 g/mol. The first kappa shape index (κ1) is 12.3. The highest BCUT2D eigenvalue weighted by Crippen LogP contribution is 2.18. The summed E-state index contributed by atoms with van der Waals surface area (Å²) in [5.41, 5.74) is 0. The first-order chi connectivity index (χ1) is 6.88. The molecule has 0 saturated heterocycles. The Morgan fingerprint density at radius 3 is 2.47 bits per heavy atom. The topological polar surface area (TPSA) is 32.3 Å². The lowest BCUT2D eigenvalue weighted by Crippen LogP contribution is -2.45. The van der Waals surface area contributed by atoms with E-state index in [0.717, 1.165) is 26.3 Å². The van der Waals surface area contributed by atoms with Crippen LogP contribution in [0, 0.1) is 0 Å². The standard InChI is InChI=1S/C9H15F3N2O/c1-14(6-9(10,11)12)8(15)5-13-7-3-2-4-7/h7,13H,2-6H2,1H3. The minimum Gasteiger partial charge on any atom is -0.336 e. The van der Waals surface area contributed by atoms with E-state index in [4.69, 9.17) is 0 Å². The van der Waals surface area contributed by atoms with Gasteiger partial charge in [0.1, 0.15) is 6.54 Å². The highest BCUT2D eigenvalue weighted by Gasteiger charge is 2.31. The fourth-order valence-electron chi connectivity index (χ4n) is 1.34. The zero-order chi connectivity index (χ0) is 11.5. The zero-order valence-corrected chi connectivity index (χ0v) is 8.60. The molecule has 0 atom stereocenters. The smallest absolute Gasteiger partial charge is 0.336 e. The molecule has 0 bridgehead atoms. The van der Waals surface area contributed by atoms with E-state index in [1.165, 1.54) is 0 Å². The SMILES string of the molecule is CN(CC(F)(F)F)C(=O)CNC1CCC1. The third-order valence-corrected chi connectivity index (χ3v) is 2.49. The van der Waals surface area contributed by atoms with Crippen molar-refractivity contribution in [3.05, 3.63) is 0 Å². The zero-order valence-electron chi connectivity index (χ0n) is 8.60. The van der Waals surface area contributed by atoms with Crippen LogP contribution in [0.3, 0.4) is 0 Å². The molecule has 0 spiro atoms. The predicted octanol–water partition coefficient (Wildman–Crippen LogP) is 1.15. The largest absolute Gasteiger partial charge is 0.406 e. The molecule has 1 saturated carbocycles. The molecule has 1 rings (SSSR count). The van der Waals surface area contributed by atoms with Gasteiger partial charge in [-0.1, -0.05) is 6.42 Å². The van der Waals surface area contributed by atoms with E-state index in [9.17, 15) is 18.0 Å². The summed E-state index contributed by atoms with van der Waals surface area (Å²) in [6.07, 6.45) is -1.17. The highest BCUT2D eigenvalue weighted by atomic mass is 19.4. The minimum absolute atomic E-state index is 0.00273. The first-order valence-corrected chi connectivity index (χ1v) is 4.92. The van der Waals surface area contributed by atoms with Gasteiger partial charge in [0.15, 0.2) is 0 Å². The lowest BCUT2D eigenvalue weighted by molar-refractivity contribution is -0.157. The predicted molar refractivity (Wildman–Crippen MR) is 49.3 cm³/mol. The van der Waals surface area contributed by atoms with Gasteiger partial charge in [0.2, 0.25) is 5.91 Å². The van der Waals surface area contributed by atoms with Crippen LogP contribution < -0.4 is 5.32 Å². The quantitative estimate of drug-likeness (QED) is 0.777. The Kier molecular flexibility index (Phi) is 3.96. The summed E-state index contributed by atoms with van der Waals surface area (Å²) in [7, 11) is 1.16. The van der Waals surface area contributed by atoms with Gasteiger partial charge in [-0.2, -0.15) is 13.2 Å². The van der Waals surface area contributed by atoms with Gasteiger partial charge < -0.3 is 10.2 Å². The molecule has 6 heteroatoms. The van der Waals surface area contributed by atoms with Crippen LogP contribution in [0.1, 0.15) is 19.3 Å². The van der Waals surface area contributed by atoms with Gasteiger partial charge in [-0.15, -0.1) is 0 Å². The average Bonchev–Trinajstić information content (AvgIpc) is 1.97. The van der Waals surface area contributed by atoms with Gasteiger partial charge in [0.05, 0.1) is 6.54 Å². The van der Waals surface area contributed by atoms with Crippen molar-refractivity contribution < 1.29 is 18.0 Å². The summed E-state index contributed by atoms with van der Waals surface area (Å²) < 4.78 is 35.8. The number of alkyl halides is 3. The number of hydrogen-bond donors (Lipinski definition) is 1. The first-order valence-electron chi connectivity index (χ1n) is 4.92. The van der Waals surface area contributed by atoms with Crippen LogP contribution in [0.5, 0.6) is 0 Å². The normalized spacial score (nSPS) is 17.3. The van der Waals surface area contributed by atoms with Gasteiger partial charge >= 0.3 is 6.18 Å². The van der Waals surface area contributed by atoms with Crippen molar-refractivity contribution in [2.75, 3.05) is 20.1 Å². The van der Waals surface area contributed by atoms with Crippen molar-refractivity contribution in [3.8, 4) is 0 Å². The third kappa shape index (κ3) is 4.51. The molecule has 0 radical (unpaired) electrons. The Hall–Kier alpha value is -0.780. The fourth-order valence-corrected chi connectivity index (χ4v) is 1.34. The van der Waals surface area contributed by atoms with Gasteiger partial charge in [-0.25, -0.2) is 0 Å². The van der Waals surface area contributed by atoms with Crippen molar-refractivity contribution in [3.63, 3.8) is 0 Å². The van der Waals surface area contributed by atoms with Gasteiger partial charge in [-0.05, 0) is 12.8 Å². The van der Waals surface area contributed by atoms with E-state index in [1.54, 1.807) is 0 Å². The summed E-state index contributed by atoms with van der Waals surface area (Å²) in [5, 5.41) is 2.93. The van der Waals surface area contributed by atoms with Crippen molar-refractivity contribution in [1.29, 1.82) is 0 Å². The lowest BCUT2D eigenvalue weighted by atomic mass is 9.93. The maximum Gasteiger partial charge on any atom is 0.406 e. The summed E-state index contributed by atoms with van der Waals surface area (Å²) in [6.45, 7) is -1.19. The van der Waals surface area contributed by atoms with Crippen LogP contribution in [0.15, 0.2) is 0 Å². The van der Waals surface area contributed by atoms with Gasteiger partial charge in [0.25, 0.3) is 0 Å². The Labute approximate surface area is 86.6 Å². The van der Waals surface area contributed by atoms with E-state index in [-0.39, 0.29) is 6.54 Å². The van der Waals surface area contributed by atoms with Gasteiger partial charge in [-0.3, -0.25) is 4.79 Å². The summed E-state index contributed by atoms with van der Waals surface area (Å²) >= 11 is 0. The van der Waals surface area contributed by atoms with Crippen LogP contribution in [-0.4, -0.2) is 43.2 Å². The second-order valence-electron chi connectivity index (χ2n) is 3.87. The number of nitrogens with one attached hydrogen (secondary N) is 1.